The van der Waals surface area contributed by atoms with E-state index in [1.54, 1.807) is 0 Å². The van der Waals surface area contributed by atoms with Gasteiger partial charge >= 0.3 is 5.97 Å². The lowest BCUT2D eigenvalue weighted by Crippen LogP contribution is -2.55. The maximum Gasteiger partial charge on any atom is 0.312 e. The van der Waals surface area contributed by atoms with Crippen molar-refractivity contribution in [2.75, 3.05) is 6.61 Å². The molecule has 142 valence electrons. The summed E-state index contributed by atoms with van der Waals surface area (Å²) in [5.74, 6) is 3.05. The summed E-state index contributed by atoms with van der Waals surface area (Å²) in [6, 6.07) is 0. The van der Waals surface area contributed by atoms with Crippen molar-refractivity contribution in [3.63, 3.8) is 0 Å². The fraction of sp³-hybridized carbons (Fsp3) is 0.826. The van der Waals surface area contributed by atoms with Crippen LogP contribution in [0.1, 0.15) is 72.1 Å². The van der Waals surface area contributed by atoms with E-state index in [1.807, 2.05) is 6.08 Å². The number of allylic oxidation sites excluding steroid dienone is 1. The van der Waals surface area contributed by atoms with Gasteiger partial charge in [-0.1, -0.05) is 26.3 Å². The Morgan fingerprint density at radius 1 is 1.04 bits per heavy atom. The first-order valence-electron chi connectivity index (χ1n) is 10.7. The Balaban J connectivity index is 1.55. The van der Waals surface area contributed by atoms with Crippen LogP contribution in [0.3, 0.4) is 0 Å². The average molecular weight is 357 g/mol. The topological polar surface area (TPSA) is 43.4 Å². The zero-order valence-electron chi connectivity index (χ0n) is 16.5. The molecule has 0 amide bonds. The molecule has 5 aliphatic rings. The molecule has 4 fully saturated rings. The van der Waals surface area contributed by atoms with E-state index in [0.29, 0.717) is 36.1 Å². The largest absolute Gasteiger partial charge is 0.465 e. The average Bonchev–Trinajstić information content (AvgIpc) is 3.12. The summed E-state index contributed by atoms with van der Waals surface area (Å²) in [5.41, 5.74) is 1.54. The van der Waals surface area contributed by atoms with Gasteiger partial charge in [-0.05, 0) is 85.5 Å². The highest BCUT2D eigenvalue weighted by Crippen LogP contribution is 2.72. The number of hydrogen-bond acceptors (Lipinski definition) is 3. The molecule has 0 aromatic rings. The van der Waals surface area contributed by atoms with Crippen LogP contribution in [0.5, 0.6) is 0 Å². The summed E-state index contributed by atoms with van der Waals surface area (Å²) in [6.07, 6.45) is 10.3. The van der Waals surface area contributed by atoms with Crippen molar-refractivity contribution in [1.82, 2.24) is 0 Å². The molecule has 1 aliphatic heterocycles. The van der Waals surface area contributed by atoms with Crippen molar-refractivity contribution < 1.29 is 14.3 Å². The number of fused-ring (bicyclic) bond motifs is 6. The van der Waals surface area contributed by atoms with E-state index in [4.69, 9.17) is 4.74 Å². The van der Waals surface area contributed by atoms with E-state index in [2.05, 4.69) is 20.8 Å². The highest BCUT2D eigenvalue weighted by molar-refractivity contribution is 5.91. The molecular formula is C23H32O3. The molecule has 26 heavy (non-hydrogen) atoms. The van der Waals surface area contributed by atoms with E-state index < -0.39 is 0 Å². The van der Waals surface area contributed by atoms with E-state index >= 15 is 0 Å². The first kappa shape index (κ1) is 17.0. The lowest BCUT2D eigenvalue weighted by atomic mass is 9.43. The number of carbonyl (C=O) groups is 2. The number of ether oxygens (including phenoxy) is 1. The lowest BCUT2D eigenvalue weighted by Gasteiger charge is -2.61. The second-order valence-corrected chi connectivity index (χ2v) is 10.5. The van der Waals surface area contributed by atoms with Gasteiger partial charge in [0.1, 0.15) is 0 Å². The summed E-state index contributed by atoms with van der Waals surface area (Å²) >= 11 is 0. The maximum absolute atomic E-state index is 12.8. The first-order valence-corrected chi connectivity index (χ1v) is 10.7. The minimum Gasteiger partial charge on any atom is -0.465 e. The van der Waals surface area contributed by atoms with E-state index in [1.165, 1.54) is 18.4 Å². The van der Waals surface area contributed by atoms with Crippen molar-refractivity contribution >= 4 is 11.8 Å². The van der Waals surface area contributed by atoms with Crippen LogP contribution in [-0.2, 0) is 14.3 Å². The molecule has 3 heteroatoms. The summed E-state index contributed by atoms with van der Waals surface area (Å²) in [5, 5.41) is 0. The standard InChI is InChI=1S/C23H32O3/c1-14-12-15-13-16(24)4-7-21(15,2)17-5-8-22(3)18(19(14)17)6-9-23(22)10-11-26-20(23)25/h13-14,17-19H,4-12H2,1-3H3/t14?,17-,18?,19?,21+,22+,23+/m0/s1. The van der Waals surface area contributed by atoms with E-state index in [9.17, 15) is 9.59 Å². The molecule has 5 rings (SSSR count). The third kappa shape index (κ3) is 1.85. The van der Waals surface area contributed by atoms with Gasteiger partial charge in [0, 0.05) is 6.42 Å². The van der Waals surface area contributed by atoms with Crippen LogP contribution in [-0.4, -0.2) is 18.4 Å². The molecule has 1 spiro atoms. The van der Waals surface area contributed by atoms with Gasteiger partial charge in [0.05, 0.1) is 12.0 Å². The molecule has 0 N–H and O–H groups in total. The molecule has 1 heterocycles. The van der Waals surface area contributed by atoms with Crippen molar-refractivity contribution in [3.8, 4) is 0 Å². The number of rotatable bonds is 0. The third-order valence-corrected chi connectivity index (χ3v) is 9.83. The second-order valence-electron chi connectivity index (χ2n) is 10.5. The fourth-order valence-electron chi connectivity index (χ4n) is 8.34. The minimum absolute atomic E-state index is 0.0967. The van der Waals surface area contributed by atoms with E-state index in [-0.39, 0.29) is 22.2 Å². The zero-order chi connectivity index (χ0) is 18.3. The highest BCUT2D eigenvalue weighted by Gasteiger charge is 2.69. The lowest BCUT2D eigenvalue weighted by molar-refractivity contribution is -0.158. The van der Waals surface area contributed by atoms with Crippen LogP contribution < -0.4 is 0 Å². The number of hydrogen-bond donors (Lipinski definition) is 0. The Bertz CT molecular complexity index is 708. The van der Waals surface area contributed by atoms with Crippen LogP contribution in [0, 0.1) is 39.9 Å². The third-order valence-electron chi connectivity index (χ3n) is 9.83. The Hall–Kier alpha value is -1.12. The molecule has 3 nitrogen and oxygen atoms in total. The highest BCUT2D eigenvalue weighted by atomic mass is 16.5. The quantitative estimate of drug-likeness (QED) is 0.591. The van der Waals surface area contributed by atoms with Gasteiger partial charge in [0.25, 0.3) is 0 Å². The SMILES string of the molecule is CC1CC2=CC(=O)CC[C@@]2(C)[C@H]2CC[C@]3(C)C(CC[C@]34CCOC4=O)C12. The molecule has 1 saturated heterocycles. The van der Waals surface area contributed by atoms with Gasteiger partial charge in [-0.15, -0.1) is 0 Å². The number of cyclic esters (lactones) is 1. The summed E-state index contributed by atoms with van der Waals surface area (Å²) in [6.45, 7) is 7.88. The Morgan fingerprint density at radius 3 is 2.54 bits per heavy atom. The monoisotopic (exact) mass is 356 g/mol. The van der Waals surface area contributed by atoms with Gasteiger partial charge in [0.15, 0.2) is 5.78 Å². The number of ketones is 1. The smallest absolute Gasteiger partial charge is 0.312 e. The van der Waals surface area contributed by atoms with Gasteiger partial charge in [-0.3, -0.25) is 9.59 Å². The molecule has 7 atom stereocenters. The normalized spacial score (nSPS) is 53.0. The predicted octanol–water partition coefficient (Wildman–Crippen LogP) is 4.70. The van der Waals surface area contributed by atoms with E-state index in [0.717, 1.165) is 38.5 Å². The Labute approximate surface area is 156 Å². The van der Waals surface area contributed by atoms with Gasteiger partial charge in [-0.25, -0.2) is 0 Å². The molecule has 3 saturated carbocycles. The number of carbonyl (C=O) groups excluding carboxylic acids is 2. The molecule has 0 radical (unpaired) electrons. The summed E-state index contributed by atoms with van der Waals surface area (Å²) < 4.78 is 5.50. The van der Waals surface area contributed by atoms with Crippen molar-refractivity contribution in [2.24, 2.45) is 39.9 Å². The number of esters is 1. The summed E-state index contributed by atoms with van der Waals surface area (Å²) in [4.78, 5) is 24.8. The van der Waals surface area contributed by atoms with Crippen molar-refractivity contribution in [2.45, 2.75) is 72.1 Å². The fourth-order valence-corrected chi connectivity index (χ4v) is 8.34. The van der Waals surface area contributed by atoms with Crippen molar-refractivity contribution in [1.29, 1.82) is 0 Å². The van der Waals surface area contributed by atoms with Crippen LogP contribution in [0.4, 0.5) is 0 Å². The Kier molecular flexibility index (Phi) is 3.42. The molecule has 0 aromatic carbocycles. The molecule has 0 bridgehead atoms. The minimum atomic E-state index is -0.206. The van der Waals surface area contributed by atoms with Crippen LogP contribution in [0.15, 0.2) is 11.6 Å². The first-order chi connectivity index (χ1) is 12.3. The van der Waals surface area contributed by atoms with Crippen LogP contribution in [0.25, 0.3) is 0 Å². The van der Waals surface area contributed by atoms with Gasteiger partial charge in [0.2, 0.25) is 0 Å². The zero-order valence-corrected chi connectivity index (χ0v) is 16.5. The molecule has 0 aromatic heterocycles. The van der Waals surface area contributed by atoms with Crippen molar-refractivity contribution in [3.05, 3.63) is 11.6 Å². The van der Waals surface area contributed by atoms with Crippen LogP contribution >= 0.6 is 0 Å². The van der Waals surface area contributed by atoms with Gasteiger partial charge < -0.3 is 4.74 Å². The second kappa shape index (κ2) is 5.23. The van der Waals surface area contributed by atoms with Crippen LogP contribution in [0.2, 0.25) is 0 Å². The Morgan fingerprint density at radius 2 is 1.81 bits per heavy atom. The molecule has 3 unspecified atom stereocenters. The maximum atomic E-state index is 12.8. The predicted molar refractivity (Wildman–Crippen MR) is 99.3 cm³/mol. The van der Waals surface area contributed by atoms with Gasteiger partial charge in [-0.2, -0.15) is 0 Å². The summed E-state index contributed by atoms with van der Waals surface area (Å²) in [7, 11) is 0. The molecule has 4 aliphatic carbocycles. The molecular weight excluding hydrogens is 324 g/mol.